The average molecular weight is 908 g/mol. The van der Waals surface area contributed by atoms with Crippen molar-refractivity contribution in [2.45, 2.75) is 119 Å². The lowest BCUT2D eigenvalue weighted by molar-refractivity contribution is -0.222. The SMILES string of the molecule is COc1ccc2c(O[C@@H]3C[C@H]4C(=O)N[C@]5(C(=O)NS(=O)(=O)C6(CF)CC6)C[C@H]5/C=C\CC[C@H](C)C[C@@H](C)[C@H](N(C(=O)O)C(C)(C)C(F)(F)F)C(=O)N4C3)nc(C(F)(F)F)cc2c1. The number of benzene rings is 1. The van der Waals surface area contributed by atoms with Crippen molar-refractivity contribution >= 4 is 44.6 Å². The molecule has 2 saturated carbocycles. The van der Waals surface area contributed by atoms with Crippen LogP contribution in [0.25, 0.3) is 10.8 Å². The summed E-state index contributed by atoms with van der Waals surface area (Å²) in [6.45, 7) is 2.36. The van der Waals surface area contributed by atoms with Gasteiger partial charge >= 0.3 is 18.4 Å². The number of nitrogens with one attached hydrogen (secondary N) is 2. The van der Waals surface area contributed by atoms with Crippen molar-refractivity contribution in [1.82, 2.24) is 24.8 Å². The first-order chi connectivity index (χ1) is 28.7. The average Bonchev–Trinajstić information content (AvgIpc) is 4.08. The van der Waals surface area contributed by atoms with Crippen molar-refractivity contribution in [3.8, 4) is 11.6 Å². The van der Waals surface area contributed by atoms with Gasteiger partial charge in [0.05, 0.1) is 13.7 Å². The number of pyridine rings is 1. The fourth-order valence-electron chi connectivity index (χ4n) is 8.46. The Kier molecular flexibility index (Phi) is 12.3. The summed E-state index contributed by atoms with van der Waals surface area (Å²) in [5, 5.41) is 13.0. The molecule has 2 aliphatic carbocycles. The van der Waals surface area contributed by atoms with E-state index in [1.54, 1.807) is 19.1 Å². The van der Waals surface area contributed by atoms with Crippen LogP contribution in [0, 0.1) is 17.8 Å². The van der Waals surface area contributed by atoms with Gasteiger partial charge in [0.1, 0.15) is 52.1 Å². The van der Waals surface area contributed by atoms with Gasteiger partial charge in [-0.1, -0.05) is 26.0 Å². The number of hydrogen-bond donors (Lipinski definition) is 3. The normalized spacial score (nSPS) is 28.7. The smallest absolute Gasteiger partial charge is 0.433 e. The van der Waals surface area contributed by atoms with E-state index in [2.05, 4.69) is 10.3 Å². The Hall–Kier alpha value is -4.89. The molecule has 4 amide bonds. The number of sulfonamides is 1. The molecule has 3 N–H and O–H groups in total. The van der Waals surface area contributed by atoms with Crippen LogP contribution in [0.3, 0.4) is 0 Å². The van der Waals surface area contributed by atoms with Gasteiger partial charge < -0.3 is 24.8 Å². The van der Waals surface area contributed by atoms with Crippen LogP contribution in [-0.4, -0.2) is 113 Å². The number of alkyl halides is 7. The summed E-state index contributed by atoms with van der Waals surface area (Å²) in [6.07, 6.45) is -10.5. The zero-order valence-corrected chi connectivity index (χ0v) is 35.2. The first-order valence-corrected chi connectivity index (χ1v) is 21.4. The van der Waals surface area contributed by atoms with E-state index in [0.717, 1.165) is 11.0 Å². The van der Waals surface area contributed by atoms with Crippen LogP contribution in [0.15, 0.2) is 36.4 Å². The number of fused-ring (bicyclic) bond motifs is 3. The number of methoxy groups -OCH3 is 1. The molecule has 0 unspecified atom stereocenters. The third kappa shape index (κ3) is 8.71. The minimum absolute atomic E-state index is 0.00157. The number of nitrogens with zero attached hydrogens (tertiary/aromatic N) is 3. The third-order valence-corrected chi connectivity index (χ3v) is 14.7. The summed E-state index contributed by atoms with van der Waals surface area (Å²) in [6, 6.07) is 0.956. The number of carboxylic acid groups (broad SMARTS) is 1. The summed E-state index contributed by atoms with van der Waals surface area (Å²) < 4.78 is 138. The van der Waals surface area contributed by atoms with Gasteiger partial charge in [0.2, 0.25) is 27.7 Å². The van der Waals surface area contributed by atoms with E-state index in [0.29, 0.717) is 26.7 Å². The van der Waals surface area contributed by atoms with Gasteiger partial charge in [-0.25, -0.2) is 22.6 Å². The number of hydrogen-bond acceptors (Lipinski definition) is 9. The Morgan fingerprint density at radius 1 is 1.08 bits per heavy atom. The van der Waals surface area contributed by atoms with Crippen LogP contribution >= 0.6 is 0 Å². The van der Waals surface area contributed by atoms with E-state index in [9.17, 15) is 63.4 Å². The molecule has 7 atom stereocenters. The molecule has 3 fully saturated rings. The minimum Gasteiger partial charge on any atom is -0.497 e. The van der Waals surface area contributed by atoms with Gasteiger partial charge in [-0.2, -0.15) is 26.3 Å². The van der Waals surface area contributed by atoms with E-state index in [1.165, 1.54) is 32.2 Å². The van der Waals surface area contributed by atoms with Crippen molar-refractivity contribution in [2.75, 3.05) is 20.3 Å². The number of carbonyl (C=O) groups is 4. The number of rotatable bonds is 9. The van der Waals surface area contributed by atoms with Crippen LogP contribution < -0.4 is 19.5 Å². The summed E-state index contributed by atoms with van der Waals surface area (Å²) in [5.41, 5.74) is -6.52. The highest BCUT2D eigenvalue weighted by Gasteiger charge is 2.64. The Morgan fingerprint density at radius 2 is 1.76 bits per heavy atom. The number of aromatic nitrogens is 1. The molecule has 342 valence electrons. The zero-order valence-electron chi connectivity index (χ0n) is 34.4. The van der Waals surface area contributed by atoms with Crippen LogP contribution in [0.2, 0.25) is 0 Å². The third-order valence-electron chi connectivity index (χ3n) is 12.6. The highest BCUT2D eigenvalue weighted by molar-refractivity contribution is 7.91. The number of amides is 4. The first-order valence-electron chi connectivity index (χ1n) is 20.0. The van der Waals surface area contributed by atoms with E-state index in [1.807, 2.05) is 4.72 Å². The van der Waals surface area contributed by atoms with Crippen molar-refractivity contribution in [3.05, 3.63) is 42.1 Å². The topological polar surface area (TPSA) is 185 Å². The minimum atomic E-state index is -5.21. The quantitative estimate of drug-likeness (QED) is 0.195. The lowest BCUT2D eigenvalue weighted by Crippen LogP contribution is -2.66. The maximum absolute atomic E-state index is 15.0. The fraction of sp³-hybridized carbons (Fsp3) is 0.625. The molecule has 1 saturated heterocycles. The molecule has 0 spiro atoms. The van der Waals surface area contributed by atoms with Crippen molar-refractivity contribution < 1.29 is 72.9 Å². The summed E-state index contributed by atoms with van der Waals surface area (Å²) in [5.74, 6) is -6.23. The molecule has 14 nitrogen and oxygen atoms in total. The van der Waals surface area contributed by atoms with Crippen molar-refractivity contribution in [2.24, 2.45) is 17.8 Å². The number of halogens is 7. The standard InChI is InChI=1S/C40H48F7N5O9S/c1-21-8-6-7-9-24-18-38(24,34(55)50-62(58,59)37(20-41)12-13-37)49-31(53)28-17-26(61-32-27-11-10-25(60-5)15-23(27)16-29(48-32)39(42,43)44)19-51(28)33(54)30(22(2)14-21)52(35(56)57)36(3,4)40(45,46)47/h7,9-11,15-16,21-22,24,26,28,30H,6,8,12-14,17-20H2,1-5H3,(H,49,53)(H,50,55)(H,56,57)/b9-7-/t21-,22+,24+,26+,28-,30-,38+/m0/s1. The van der Waals surface area contributed by atoms with Crippen LogP contribution in [0.4, 0.5) is 35.5 Å². The molecule has 0 radical (unpaired) electrons. The summed E-state index contributed by atoms with van der Waals surface area (Å²) in [4.78, 5) is 60.9. The highest BCUT2D eigenvalue weighted by atomic mass is 32.2. The van der Waals surface area contributed by atoms with Crippen molar-refractivity contribution in [1.29, 1.82) is 0 Å². The first kappa shape index (κ1) is 46.6. The van der Waals surface area contributed by atoms with Gasteiger partial charge in [-0.05, 0) is 93.9 Å². The largest absolute Gasteiger partial charge is 0.497 e. The van der Waals surface area contributed by atoms with Gasteiger partial charge in [-0.3, -0.25) is 24.0 Å². The second-order valence-corrected chi connectivity index (χ2v) is 19.5. The molecule has 4 aliphatic rings. The van der Waals surface area contributed by atoms with Crippen LogP contribution in [-0.2, 0) is 30.6 Å². The maximum Gasteiger partial charge on any atom is 0.433 e. The monoisotopic (exact) mass is 907 g/mol. The van der Waals surface area contributed by atoms with E-state index in [-0.39, 0.29) is 53.0 Å². The Morgan fingerprint density at radius 3 is 2.34 bits per heavy atom. The Bertz CT molecular complexity index is 2250. The summed E-state index contributed by atoms with van der Waals surface area (Å²) >= 11 is 0. The zero-order chi connectivity index (χ0) is 46.0. The molecule has 0 bridgehead atoms. The number of allylic oxidation sites excluding steroid dienone is 1. The molecular weight excluding hydrogens is 860 g/mol. The van der Waals surface area contributed by atoms with Crippen molar-refractivity contribution in [3.63, 3.8) is 0 Å². The second kappa shape index (κ2) is 16.3. The van der Waals surface area contributed by atoms with Crippen LogP contribution in [0.1, 0.15) is 78.3 Å². The molecule has 2 aliphatic heterocycles. The van der Waals surface area contributed by atoms with Gasteiger partial charge in [0.15, 0.2) is 0 Å². The van der Waals surface area contributed by atoms with Gasteiger partial charge in [0.25, 0.3) is 5.91 Å². The lowest BCUT2D eigenvalue weighted by Gasteiger charge is -2.45. The number of ether oxygens (including phenoxy) is 2. The van der Waals surface area contributed by atoms with Gasteiger partial charge in [-0.15, -0.1) is 0 Å². The predicted molar refractivity (Wildman–Crippen MR) is 207 cm³/mol. The molecular formula is C40H48F7N5O9S. The molecule has 3 heterocycles. The maximum atomic E-state index is 15.0. The molecule has 62 heavy (non-hydrogen) atoms. The predicted octanol–water partition coefficient (Wildman–Crippen LogP) is 6.14. The van der Waals surface area contributed by atoms with E-state index < -0.39 is 123 Å². The number of carbonyl (C=O) groups excluding carboxylic acids is 3. The van der Waals surface area contributed by atoms with E-state index >= 15 is 0 Å². The fourth-order valence-corrected chi connectivity index (χ4v) is 9.89. The molecule has 1 aromatic heterocycles. The Labute approximate surface area is 352 Å². The summed E-state index contributed by atoms with van der Waals surface area (Å²) in [7, 11) is -3.30. The molecule has 6 rings (SSSR count). The molecule has 2 aromatic rings. The molecule has 1 aromatic carbocycles. The second-order valence-electron chi connectivity index (χ2n) is 17.4. The van der Waals surface area contributed by atoms with E-state index in [4.69, 9.17) is 9.47 Å². The van der Waals surface area contributed by atoms with Gasteiger partial charge in [0, 0.05) is 17.7 Å². The lowest BCUT2D eigenvalue weighted by atomic mass is 9.85. The van der Waals surface area contributed by atoms with Crippen LogP contribution in [0.5, 0.6) is 11.6 Å². The molecule has 22 heteroatoms. The highest BCUT2D eigenvalue weighted by Crippen LogP contribution is 2.48. The Balaban J connectivity index is 1.45.